The van der Waals surface area contributed by atoms with Crippen LogP contribution < -0.4 is 16.0 Å². The maximum Gasteiger partial charge on any atom is 0.407 e. The maximum absolute atomic E-state index is 14.0. The second kappa shape index (κ2) is 19.6. The predicted octanol–water partition coefficient (Wildman–Crippen LogP) is 5.50. The summed E-state index contributed by atoms with van der Waals surface area (Å²) in [6.07, 6.45) is -1.25. The lowest BCUT2D eigenvalue weighted by atomic mass is 9.93. The summed E-state index contributed by atoms with van der Waals surface area (Å²) in [7, 11) is 0. The average molecular weight is 786 g/mol. The van der Waals surface area contributed by atoms with Crippen LogP contribution in [0.25, 0.3) is 10.9 Å². The van der Waals surface area contributed by atoms with Crippen molar-refractivity contribution in [3.8, 4) is 0 Å². The van der Waals surface area contributed by atoms with E-state index in [0.717, 1.165) is 27.2 Å². The monoisotopic (exact) mass is 785 g/mol. The fourth-order valence-electron chi connectivity index (χ4n) is 6.84. The first-order valence-electron chi connectivity index (χ1n) is 19.7. The van der Waals surface area contributed by atoms with E-state index in [4.69, 9.17) is 9.72 Å². The third-order valence-electron chi connectivity index (χ3n) is 9.95. The fraction of sp³-hybridized carbons (Fsp3) is 0.512. The van der Waals surface area contributed by atoms with Gasteiger partial charge in [-0.3, -0.25) is 24.4 Å². The number of nitrogens with one attached hydrogen (secondary N) is 3. The lowest BCUT2D eigenvalue weighted by Crippen LogP contribution is -2.63. The minimum absolute atomic E-state index is 0.0439. The highest BCUT2D eigenvalue weighted by atomic mass is 32.1. The summed E-state index contributed by atoms with van der Waals surface area (Å²) >= 11 is 1.53. The number of thiazole rings is 1. The Morgan fingerprint density at radius 2 is 1.68 bits per heavy atom. The molecule has 302 valence electrons. The van der Waals surface area contributed by atoms with Crippen LogP contribution in [0.3, 0.4) is 0 Å². The molecule has 0 spiro atoms. The Labute approximate surface area is 335 Å². The van der Waals surface area contributed by atoms with Gasteiger partial charge in [0.2, 0.25) is 11.8 Å². The molecular formula is C43H59N7O5S. The molecule has 0 aliphatic carbocycles. The van der Waals surface area contributed by atoms with Crippen molar-refractivity contribution in [3.63, 3.8) is 0 Å². The molecule has 3 heterocycles. The molecule has 13 heteroatoms. The number of aromatic nitrogens is 2. The molecule has 56 heavy (non-hydrogen) atoms. The van der Waals surface area contributed by atoms with Crippen LogP contribution in [0, 0.1) is 11.8 Å². The van der Waals surface area contributed by atoms with Gasteiger partial charge in [0.05, 0.1) is 40.0 Å². The first kappa shape index (κ1) is 42.7. The van der Waals surface area contributed by atoms with Crippen LogP contribution in [-0.4, -0.2) is 99.2 Å². The summed E-state index contributed by atoms with van der Waals surface area (Å²) in [5.74, 6) is -0.806. The number of piperazine rings is 1. The number of aliphatic hydroxyl groups excluding tert-OH is 1. The highest BCUT2D eigenvalue weighted by Crippen LogP contribution is 2.21. The molecule has 1 fully saturated rings. The van der Waals surface area contributed by atoms with Crippen LogP contribution in [0.2, 0.25) is 0 Å². The van der Waals surface area contributed by atoms with Crippen molar-refractivity contribution in [2.24, 2.45) is 11.8 Å². The molecule has 1 aliphatic rings. The van der Waals surface area contributed by atoms with E-state index < -0.39 is 35.7 Å². The molecule has 12 nitrogen and oxygen atoms in total. The molecular weight excluding hydrogens is 727 g/mol. The Morgan fingerprint density at radius 3 is 2.38 bits per heavy atom. The second-order valence-corrected chi connectivity index (χ2v) is 17.4. The van der Waals surface area contributed by atoms with Crippen LogP contribution in [0.15, 0.2) is 72.1 Å². The second-order valence-electron chi connectivity index (χ2n) is 16.5. The molecule has 4 N–H and O–H groups in total. The zero-order valence-corrected chi connectivity index (χ0v) is 34.6. The first-order valence-corrected chi connectivity index (χ1v) is 20.5. The van der Waals surface area contributed by atoms with E-state index in [1.807, 2.05) is 106 Å². The largest absolute Gasteiger partial charge is 0.443 e. The van der Waals surface area contributed by atoms with Gasteiger partial charge in [-0.2, -0.15) is 0 Å². The number of nitrogens with zero attached hydrogens (tertiary/aromatic N) is 4. The number of benzene rings is 2. The number of ether oxygens (including phenoxy) is 1. The molecule has 1 saturated heterocycles. The number of rotatable bonds is 16. The number of fused-ring (bicyclic) bond motifs is 1. The number of pyridine rings is 1. The number of carbonyl (C=O) groups is 3. The molecule has 4 atom stereocenters. The standard InChI is InChI=1S/C43H59N7O5S/c1-28(2)34(22-44-42(54)55-26-33-27-56-41(46-33)29(3)4)39(52)47-36(21-30-13-9-8-10-14-30)38(51)25-50-20-19-49(24-37(50)40(53)48-43(5,6)7)23-32-18-17-31-15-11-12-16-35(31)45-32/h8-18,27-29,34,36-38,51H,19-26H2,1-7H3,(H,44,54)(H,47,52)(H,48,53)/t34-,36-,37-,38+/m1/s1. The van der Waals surface area contributed by atoms with Gasteiger partial charge in [-0.25, -0.2) is 9.78 Å². The summed E-state index contributed by atoms with van der Waals surface area (Å²) in [6, 6.07) is 20.7. The summed E-state index contributed by atoms with van der Waals surface area (Å²) in [5.41, 5.74) is 3.06. The Morgan fingerprint density at radius 1 is 0.946 bits per heavy atom. The van der Waals surface area contributed by atoms with E-state index in [2.05, 4.69) is 45.7 Å². The number of carbonyl (C=O) groups excluding carboxylic acids is 3. The molecule has 4 aromatic rings. The van der Waals surface area contributed by atoms with E-state index in [0.29, 0.717) is 44.2 Å². The quantitative estimate of drug-likeness (QED) is 0.116. The topological polar surface area (TPSA) is 149 Å². The van der Waals surface area contributed by atoms with Crippen LogP contribution in [-0.2, 0) is 33.9 Å². The smallest absolute Gasteiger partial charge is 0.407 e. The van der Waals surface area contributed by atoms with Gasteiger partial charge in [-0.05, 0) is 50.8 Å². The number of hydrogen-bond donors (Lipinski definition) is 4. The van der Waals surface area contributed by atoms with Crippen molar-refractivity contribution in [3.05, 3.63) is 94.1 Å². The molecule has 3 amide bonds. The molecule has 5 rings (SSSR count). The van der Waals surface area contributed by atoms with Gasteiger partial charge in [0.15, 0.2) is 0 Å². The van der Waals surface area contributed by atoms with E-state index in [1.54, 1.807) is 0 Å². The number of aliphatic hydroxyl groups is 1. The Kier molecular flexibility index (Phi) is 15.0. The van der Waals surface area contributed by atoms with Gasteiger partial charge in [-0.1, -0.05) is 82.3 Å². The third-order valence-corrected chi connectivity index (χ3v) is 11.1. The summed E-state index contributed by atoms with van der Waals surface area (Å²) in [5, 5.41) is 24.9. The molecule has 0 radical (unpaired) electrons. The van der Waals surface area contributed by atoms with Crippen LogP contribution in [0.4, 0.5) is 4.79 Å². The van der Waals surface area contributed by atoms with Gasteiger partial charge in [0.1, 0.15) is 12.6 Å². The summed E-state index contributed by atoms with van der Waals surface area (Å²) in [6.45, 7) is 16.4. The van der Waals surface area contributed by atoms with Crippen LogP contribution >= 0.6 is 11.3 Å². The van der Waals surface area contributed by atoms with Crippen molar-refractivity contribution >= 4 is 40.1 Å². The summed E-state index contributed by atoms with van der Waals surface area (Å²) in [4.78, 5) is 54.1. The first-order chi connectivity index (χ1) is 26.6. The van der Waals surface area contributed by atoms with E-state index in [1.165, 1.54) is 11.3 Å². The van der Waals surface area contributed by atoms with Gasteiger partial charge in [0, 0.05) is 61.5 Å². The van der Waals surface area contributed by atoms with E-state index in [9.17, 15) is 19.5 Å². The Bertz CT molecular complexity index is 1900. The molecule has 0 bridgehead atoms. The third kappa shape index (κ3) is 12.5. The lowest BCUT2D eigenvalue weighted by molar-refractivity contribution is -0.132. The predicted molar refractivity (Wildman–Crippen MR) is 221 cm³/mol. The zero-order valence-electron chi connectivity index (χ0n) is 33.8. The van der Waals surface area contributed by atoms with Crippen molar-refractivity contribution in [1.82, 2.24) is 35.7 Å². The van der Waals surface area contributed by atoms with Crippen LogP contribution in [0.5, 0.6) is 0 Å². The number of β-amino-alcohol motifs (C(OH)–C–C–N with tert-alkyl or cyclic N) is 1. The van der Waals surface area contributed by atoms with Crippen LogP contribution in [0.1, 0.15) is 76.3 Å². The number of para-hydroxylation sites is 1. The molecule has 0 unspecified atom stereocenters. The van der Waals surface area contributed by atoms with Crippen molar-refractivity contribution < 1.29 is 24.2 Å². The molecule has 2 aromatic carbocycles. The van der Waals surface area contributed by atoms with Gasteiger partial charge in [-0.15, -0.1) is 11.3 Å². The van der Waals surface area contributed by atoms with Crippen molar-refractivity contribution in [1.29, 1.82) is 0 Å². The highest BCUT2D eigenvalue weighted by Gasteiger charge is 2.37. The lowest BCUT2D eigenvalue weighted by Gasteiger charge is -2.43. The number of amides is 3. The SMILES string of the molecule is CC(C)c1nc(COC(=O)NC[C@@H](C(=O)N[C@H](Cc2ccccc2)[C@@H](O)CN2CCN(Cc3ccc4ccccc4n3)C[C@@H]2C(=O)NC(C)(C)C)C(C)C)cs1. The normalized spacial score (nSPS) is 17.1. The maximum atomic E-state index is 14.0. The summed E-state index contributed by atoms with van der Waals surface area (Å²) < 4.78 is 5.41. The number of hydrogen-bond acceptors (Lipinski definition) is 10. The molecule has 2 aromatic heterocycles. The molecule has 1 aliphatic heterocycles. The minimum Gasteiger partial charge on any atom is -0.443 e. The fourth-order valence-corrected chi connectivity index (χ4v) is 7.66. The van der Waals surface area contributed by atoms with E-state index >= 15 is 0 Å². The highest BCUT2D eigenvalue weighted by molar-refractivity contribution is 7.09. The van der Waals surface area contributed by atoms with Crippen molar-refractivity contribution in [2.45, 2.75) is 97.7 Å². The molecule has 0 saturated carbocycles. The van der Waals surface area contributed by atoms with Gasteiger partial charge in [0.25, 0.3) is 0 Å². The van der Waals surface area contributed by atoms with Gasteiger partial charge >= 0.3 is 6.09 Å². The Hall–Kier alpha value is -4.43. The average Bonchev–Trinajstić information content (AvgIpc) is 3.64. The van der Waals surface area contributed by atoms with Crippen molar-refractivity contribution in [2.75, 3.05) is 32.7 Å². The zero-order chi connectivity index (χ0) is 40.4. The van der Waals surface area contributed by atoms with E-state index in [-0.39, 0.29) is 37.4 Å². The Balaban J connectivity index is 1.26. The minimum atomic E-state index is -1.00. The van der Waals surface area contributed by atoms with Gasteiger partial charge < -0.3 is 25.8 Å². The number of alkyl carbamates (subject to hydrolysis) is 1.